The number of benzene rings is 2. The fourth-order valence-electron chi connectivity index (χ4n) is 2.53. The van der Waals surface area contributed by atoms with Crippen LogP contribution in [0.3, 0.4) is 0 Å². The number of rotatable bonds is 4. The molecule has 0 saturated carbocycles. The van der Waals surface area contributed by atoms with Crippen LogP contribution in [0.4, 0.5) is 5.69 Å². The highest BCUT2D eigenvalue weighted by Crippen LogP contribution is 2.22. The second-order valence-electron chi connectivity index (χ2n) is 5.53. The predicted molar refractivity (Wildman–Crippen MR) is 99.0 cm³/mol. The number of ether oxygens (including phenoxy) is 1. The van der Waals surface area contributed by atoms with Gasteiger partial charge in [-0.15, -0.1) is 0 Å². The van der Waals surface area contributed by atoms with Gasteiger partial charge in [0.25, 0.3) is 5.91 Å². The molecule has 0 unspecified atom stereocenters. The summed E-state index contributed by atoms with van der Waals surface area (Å²) in [6, 6.07) is 14.1. The Bertz CT molecular complexity index is 967. The molecule has 3 aromatic rings. The zero-order valence-corrected chi connectivity index (χ0v) is 14.9. The molecule has 132 valence electrons. The maximum Gasteiger partial charge on any atom is 0.339 e. The number of nitrogens with one attached hydrogen (secondary N) is 1. The molecule has 3 rings (SSSR count). The van der Waals surface area contributed by atoms with Crippen molar-refractivity contribution in [3.8, 4) is 5.69 Å². The van der Waals surface area contributed by atoms with Crippen LogP contribution in [0.5, 0.6) is 0 Å². The summed E-state index contributed by atoms with van der Waals surface area (Å²) in [7, 11) is 1.27. The molecule has 0 bridgehead atoms. The normalized spacial score (nSPS) is 10.4. The summed E-state index contributed by atoms with van der Waals surface area (Å²) in [6.45, 7) is 1.82. The number of amides is 1. The van der Waals surface area contributed by atoms with Crippen LogP contribution in [-0.2, 0) is 4.74 Å². The summed E-state index contributed by atoms with van der Waals surface area (Å²) >= 11 is 5.99. The van der Waals surface area contributed by atoms with E-state index in [0.717, 1.165) is 5.69 Å². The average molecular weight is 370 g/mol. The van der Waals surface area contributed by atoms with Crippen LogP contribution in [0.1, 0.15) is 26.4 Å². The van der Waals surface area contributed by atoms with Crippen LogP contribution in [0.25, 0.3) is 5.69 Å². The van der Waals surface area contributed by atoms with E-state index in [0.29, 0.717) is 16.9 Å². The van der Waals surface area contributed by atoms with E-state index in [1.54, 1.807) is 10.7 Å². The topological polar surface area (TPSA) is 73.2 Å². The second-order valence-corrected chi connectivity index (χ2v) is 5.94. The van der Waals surface area contributed by atoms with Crippen molar-refractivity contribution < 1.29 is 14.3 Å². The molecule has 0 aliphatic carbocycles. The summed E-state index contributed by atoms with van der Waals surface area (Å²) in [4.78, 5) is 24.3. The Hall–Kier alpha value is -3.12. The average Bonchev–Trinajstić information content (AvgIpc) is 3.05. The lowest BCUT2D eigenvalue weighted by molar-refractivity contribution is 0.0600. The summed E-state index contributed by atoms with van der Waals surface area (Å²) in [5.74, 6) is -0.901. The smallest absolute Gasteiger partial charge is 0.339 e. The van der Waals surface area contributed by atoms with E-state index in [-0.39, 0.29) is 16.5 Å². The summed E-state index contributed by atoms with van der Waals surface area (Å²) in [5.41, 5.74) is 2.62. The van der Waals surface area contributed by atoms with Crippen molar-refractivity contribution in [2.75, 3.05) is 12.4 Å². The maximum absolute atomic E-state index is 12.6. The van der Waals surface area contributed by atoms with E-state index >= 15 is 0 Å². The van der Waals surface area contributed by atoms with Gasteiger partial charge in [-0.05, 0) is 37.3 Å². The Morgan fingerprint density at radius 1 is 1.12 bits per heavy atom. The SMILES string of the molecule is COC(=O)c1cc(NC(=O)c2cnn(-c3ccccc3)c2C)ccc1Cl. The first-order valence-corrected chi connectivity index (χ1v) is 8.18. The van der Waals surface area contributed by atoms with Crippen LogP contribution >= 0.6 is 11.6 Å². The first-order valence-electron chi connectivity index (χ1n) is 7.80. The van der Waals surface area contributed by atoms with Crippen molar-refractivity contribution in [2.45, 2.75) is 6.92 Å². The molecule has 2 aromatic carbocycles. The van der Waals surface area contributed by atoms with Gasteiger partial charge in [0.05, 0.1) is 40.8 Å². The van der Waals surface area contributed by atoms with Crippen molar-refractivity contribution in [1.82, 2.24) is 9.78 Å². The van der Waals surface area contributed by atoms with Gasteiger partial charge in [0, 0.05) is 5.69 Å². The number of aromatic nitrogens is 2. The highest BCUT2D eigenvalue weighted by molar-refractivity contribution is 6.33. The molecular weight excluding hydrogens is 354 g/mol. The predicted octanol–water partition coefficient (Wildman–Crippen LogP) is 3.87. The number of carbonyl (C=O) groups excluding carboxylic acids is 2. The first kappa shape index (κ1) is 17.7. The maximum atomic E-state index is 12.6. The Kier molecular flexibility index (Phi) is 5.04. The monoisotopic (exact) mass is 369 g/mol. The molecule has 0 aliphatic heterocycles. The van der Waals surface area contributed by atoms with Crippen LogP contribution in [0, 0.1) is 6.92 Å². The highest BCUT2D eigenvalue weighted by Gasteiger charge is 2.17. The van der Waals surface area contributed by atoms with Gasteiger partial charge in [0.1, 0.15) is 0 Å². The molecular formula is C19H16ClN3O3. The third-order valence-electron chi connectivity index (χ3n) is 3.88. The second kappa shape index (κ2) is 7.41. The number of nitrogens with zero attached hydrogens (tertiary/aromatic N) is 2. The number of hydrogen-bond acceptors (Lipinski definition) is 4. The molecule has 1 amide bonds. The van der Waals surface area contributed by atoms with Gasteiger partial charge in [-0.2, -0.15) is 5.10 Å². The molecule has 1 heterocycles. The molecule has 0 aliphatic rings. The Morgan fingerprint density at radius 2 is 1.85 bits per heavy atom. The Morgan fingerprint density at radius 3 is 2.54 bits per heavy atom. The van der Waals surface area contributed by atoms with E-state index in [2.05, 4.69) is 15.2 Å². The van der Waals surface area contributed by atoms with Gasteiger partial charge in [-0.25, -0.2) is 9.48 Å². The largest absolute Gasteiger partial charge is 0.465 e. The molecule has 1 N–H and O–H groups in total. The van der Waals surface area contributed by atoms with Crippen molar-refractivity contribution in [3.63, 3.8) is 0 Å². The van der Waals surface area contributed by atoms with Crippen molar-refractivity contribution in [1.29, 1.82) is 0 Å². The van der Waals surface area contributed by atoms with Crippen LogP contribution in [0.2, 0.25) is 5.02 Å². The molecule has 6 nitrogen and oxygen atoms in total. The summed E-state index contributed by atoms with van der Waals surface area (Å²) in [5, 5.41) is 7.29. The Balaban J connectivity index is 1.86. The number of para-hydroxylation sites is 1. The fourth-order valence-corrected chi connectivity index (χ4v) is 2.72. The zero-order chi connectivity index (χ0) is 18.7. The number of anilines is 1. The van der Waals surface area contributed by atoms with Gasteiger partial charge in [0.15, 0.2) is 0 Å². The number of esters is 1. The summed E-state index contributed by atoms with van der Waals surface area (Å²) in [6.07, 6.45) is 1.51. The van der Waals surface area contributed by atoms with Crippen molar-refractivity contribution >= 4 is 29.2 Å². The fraction of sp³-hybridized carbons (Fsp3) is 0.105. The first-order chi connectivity index (χ1) is 12.5. The van der Waals surface area contributed by atoms with Crippen molar-refractivity contribution in [2.24, 2.45) is 0 Å². The van der Waals surface area contributed by atoms with Crippen molar-refractivity contribution in [3.05, 3.63) is 76.6 Å². The van der Waals surface area contributed by atoms with Crippen LogP contribution < -0.4 is 5.32 Å². The van der Waals surface area contributed by atoms with Gasteiger partial charge >= 0.3 is 5.97 Å². The molecule has 1 aromatic heterocycles. The minimum absolute atomic E-state index is 0.184. The van der Waals surface area contributed by atoms with E-state index in [9.17, 15) is 9.59 Å². The van der Waals surface area contributed by atoms with E-state index < -0.39 is 5.97 Å². The highest BCUT2D eigenvalue weighted by atomic mass is 35.5. The third-order valence-corrected chi connectivity index (χ3v) is 4.21. The standard InChI is InChI=1S/C19H16ClN3O3/c1-12-16(11-21-23(12)14-6-4-3-5-7-14)18(24)22-13-8-9-17(20)15(10-13)19(25)26-2/h3-11H,1-2H3,(H,22,24). The molecule has 7 heteroatoms. The van der Waals surface area contributed by atoms with E-state index in [1.165, 1.54) is 25.4 Å². The van der Waals surface area contributed by atoms with Gasteiger partial charge in [0.2, 0.25) is 0 Å². The quantitative estimate of drug-likeness (QED) is 0.708. The number of hydrogen-bond donors (Lipinski definition) is 1. The molecule has 0 spiro atoms. The van der Waals surface area contributed by atoms with E-state index in [4.69, 9.17) is 11.6 Å². The molecule has 0 saturated heterocycles. The lowest BCUT2D eigenvalue weighted by atomic mass is 10.2. The summed E-state index contributed by atoms with van der Waals surface area (Å²) < 4.78 is 6.37. The van der Waals surface area contributed by atoms with Gasteiger partial charge in [-0.1, -0.05) is 29.8 Å². The molecule has 26 heavy (non-hydrogen) atoms. The number of carbonyl (C=O) groups is 2. The Labute approximate surface area is 155 Å². The van der Waals surface area contributed by atoms with E-state index in [1.807, 2.05) is 37.3 Å². The number of halogens is 1. The third kappa shape index (κ3) is 3.45. The minimum atomic E-state index is -0.570. The molecule has 0 radical (unpaired) electrons. The lowest BCUT2D eigenvalue weighted by Gasteiger charge is -2.08. The number of methoxy groups -OCH3 is 1. The minimum Gasteiger partial charge on any atom is -0.465 e. The lowest BCUT2D eigenvalue weighted by Crippen LogP contribution is -2.14. The van der Waals surface area contributed by atoms with Gasteiger partial charge < -0.3 is 10.1 Å². The molecule has 0 fully saturated rings. The zero-order valence-electron chi connectivity index (χ0n) is 14.2. The van der Waals surface area contributed by atoms with Gasteiger partial charge in [-0.3, -0.25) is 4.79 Å². The van der Waals surface area contributed by atoms with Crippen LogP contribution in [0.15, 0.2) is 54.7 Å². The molecule has 0 atom stereocenters. The van der Waals surface area contributed by atoms with Crippen LogP contribution in [-0.4, -0.2) is 28.8 Å².